The Morgan fingerprint density at radius 1 is 1.29 bits per heavy atom. The van der Waals surface area contributed by atoms with Crippen LogP contribution in [0, 0.1) is 5.92 Å². The lowest BCUT2D eigenvalue weighted by molar-refractivity contribution is 0.529. The van der Waals surface area contributed by atoms with Crippen molar-refractivity contribution in [2.24, 2.45) is 5.92 Å². The first-order valence-corrected chi connectivity index (χ1v) is 6.85. The fourth-order valence-corrected chi connectivity index (χ4v) is 2.82. The second-order valence-electron chi connectivity index (χ2n) is 5.24. The first kappa shape index (κ1) is 11.0. The lowest BCUT2D eigenvalue weighted by atomic mass is 10.00. The van der Waals surface area contributed by atoms with Crippen LogP contribution < -0.4 is 10.6 Å². The van der Waals surface area contributed by atoms with E-state index in [9.17, 15) is 0 Å². The summed E-state index contributed by atoms with van der Waals surface area (Å²) in [5, 5.41) is 6.83. The van der Waals surface area contributed by atoms with Crippen molar-refractivity contribution in [3.8, 4) is 0 Å². The summed E-state index contributed by atoms with van der Waals surface area (Å²) in [5.41, 5.74) is 2.65. The van der Waals surface area contributed by atoms with E-state index < -0.39 is 0 Å². The van der Waals surface area contributed by atoms with E-state index in [1.54, 1.807) is 0 Å². The van der Waals surface area contributed by atoms with Crippen molar-refractivity contribution in [1.29, 1.82) is 0 Å². The molecule has 1 aromatic rings. The standard InChI is InChI=1S/C14H21N3/c1-2-12-4-6-13(17-14(12)16-8-1)5-3-11-7-9-15-10-11/h4,6,11,15H,1-3,5,7-10H2,(H,16,17)/t11-/m1/s1. The van der Waals surface area contributed by atoms with Gasteiger partial charge in [0.2, 0.25) is 0 Å². The highest BCUT2D eigenvalue weighted by Crippen LogP contribution is 2.21. The van der Waals surface area contributed by atoms with E-state index in [0.29, 0.717) is 0 Å². The van der Waals surface area contributed by atoms with Crippen molar-refractivity contribution in [3.05, 3.63) is 23.4 Å². The summed E-state index contributed by atoms with van der Waals surface area (Å²) in [6.45, 7) is 3.48. The number of aromatic nitrogens is 1. The minimum atomic E-state index is 0.862. The highest BCUT2D eigenvalue weighted by molar-refractivity contribution is 5.46. The van der Waals surface area contributed by atoms with Crippen molar-refractivity contribution in [1.82, 2.24) is 10.3 Å². The molecule has 0 radical (unpaired) electrons. The summed E-state index contributed by atoms with van der Waals surface area (Å²) >= 11 is 0. The molecule has 1 saturated heterocycles. The van der Waals surface area contributed by atoms with Crippen molar-refractivity contribution < 1.29 is 0 Å². The Kier molecular flexibility index (Phi) is 3.27. The molecule has 1 atom stereocenters. The molecule has 1 aromatic heterocycles. The third kappa shape index (κ3) is 2.60. The van der Waals surface area contributed by atoms with E-state index in [4.69, 9.17) is 4.98 Å². The second kappa shape index (κ2) is 5.05. The van der Waals surface area contributed by atoms with Gasteiger partial charge in [-0.1, -0.05) is 6.07 Å². The molecule has 3 rings (SSSR count). The van der Waals surface area contributed by atoms with Crippen LogP contribution in [0.1, 0.15) is 30.5 Å². The Bertz CT molecular complexity index is 383. The van der Waals surface area contributed by atoms with Gasteiger partial charge in [-0.05, 0) is 62.7 Å². The molecule has 2 N–H and O–H groups in total. The zero-order chi connectivity index (χ0) is 11.5. The van der Waals surface area contributed by atoms with Crippen molar-refractivity contribution in [3.63, 3.8) is 0 Å². The van der Waals surface area contributed by atoms with Gasteiger partial charge in [0.05, 0.1) is 0 Å². The number of hydrogen-bond donors (Lipinski definition) is 2. The first-order valence-electron chi connectivity index (χ1n) is 6.85. The molecule has 1 fully saturated rings. The summed E-state index contributed by atoms with van der Waals surface area (Å²) in [4.78, 5) is 4.74. The van der Waals surface area contributed by atoms with Crippen LogP contribution in [-0.4, -0.2) is 24.6 Å². The molecule has 0 aromatic carbocycles. The SMILES string of the molecule is c1cc2c(nc1CC[C@@H]1CCNC1)NCCC2. The Hall–Kier alpha value is -1.09. The summed E-state index contributed by atoms with van der Waals surface area (Å²) in [7, 11) is 0. The maximum atomic E-state index is 4.74. The van der Waals surface area contributed by atoms with Crippen LogP contribution in [0.5, 0.6) is 0 Å². The zero-order valence-electron chi connectivity index (χ0n) is 10.3. The van der Waals surface area contributed by atoms with E-state index in [1.165, 1.54) is 50.0 Å². The van der Waals surface area contributed by atoms with Gasteiger partial charge in [0.1, 0.15) is 5.82 Å². The summed E-state index contributed by atoms with van der Waals surface area (Å²) in [5.74, 6) is 2.00. The van der Waals surface area contributed by atoms with E-state index in [-0.39, 0.29) is 0 Å². The molecule has 2 aliphatic heterocycles. The van der Waals surface area contributed by atoms with Crippen LogP contribution in [0.4, 0.5) is 5.82 Å². The number of hydrogen-bond acceptors (Lipinski definition) is 3. The second-order valence-corrected chi connectivity index (χ2v) is 5.24. The first-order chi connectivity index (χ1) is 8.42. The maximum absolute atomic E-state index is 4.74. The molecule has 17 heavy (non-hydrogen) atoms. The average molecular weight is 231 g/mol. The third-order valence-electron chi connectivity index (χ3n) is 3.92. The largest absolute Gasteiger partial charge is 0.370 e. The van der Waals surface area contributed by atoms with Gasteiger partial charge in [0, 0.05) is 12.2 Å². The van der Waals surface area contributed by atoms with Gasteiger partial charge in [-0.15, -0.1) is 0 Å². The molecular weight excluding hydrogens is 210 g/mol. The van der Waals surface area contributed by atoms with Gasteiger partial charge in [-0.2, -0.15) is 0 Å². The van der Waals surface area contributed by atoms with Crippen LogP contribution in [0.25, 0.3) is 0 Å². The van der Waals surface area contributed by atoms with Crippen molar-refractivity contribution >= 4 is 5.82 Å². The molecule has 92 valence electrons. The monoisotopic (exact) mass is 231 g/mol. The Balaban J connectivity index is 1.62. The molecular formula is C14H21N3. The van der Waals surface area contributed by atoms with Gasteiger partial charge >= 0.3 is 0 Å². The highest BCUT2D eigenvalue weighted by Gasteiger charge is 2.15. The van der Waals surface area contributed by atoms with E-state index in [2.05, 4.69) is 22.8 Å². The third-order valence-corrected chi connectivity index (χ3v) is 3.92. The van der Waals surface area contributed by atoms with E-state index >= 15 is 0 Å². The predicted molar refractivity (Wildman–Crippen MR) is 70.3 cm³/mol. The topological polar surface area (TPSA) is 37.0 Å². The lowest BCUT2D eigenvalue weighted by Gasteiger charge is -2.17. The van der Waals surface area contributed by atoms with Crippen LogP contribution in [-0.2, 0) is 12.8 Å². The molecule has 3 heterocycles. The molecule has 0 unspecified atom stereocenters. The molecule has 2 aliphatic rings. The number of anilines is 1. The van der Waals surface area contributed by atoms with Gasteiger partial charge in [0.15, 0.2) is 0 Å². The smallest absolute Gasteiger partial charge is 0.129 e. The lowest BCUT2D eigenvalue weighted by Crippen LogP contribution is -2.14. The Morgan fingerprint density at radius 3 is 3.18 bits per heavy atom. The molecule has 3 heteroatoms. The average Bonchev–Trinajstić information content (AvgIpc) is 2.89. The maximum Gasteiger partial charge on any atom is 0.129 e. The van der Waals surface area contributed by atoms with Gasteiger partial charge in [0.25, 0.3) is 0 Å². The van der Waals surface area contributed by atoms with E-state index in [1.807, 2.05) is 0 Å². The highest BCUT2D eigenvalue weighted by atomic mass is 15.0. The molecule has 0 spiro atoms. The molecule has 0 saturated carbocycles. The van der Waals surface area contributed by atoms with Crippen molar-refractivity contribution in [2.75, 3.05) is 25.0 Å². The Labute approximate surface area is 103 Å². The minimum absolute atomic E-state index is 0.862. The van der Waals surface area contributed by atoms with Gasteiger partial charge < -0.3 is 10.6 Å². The van der Waals surface area contributed by atoms with Crippen LogP contribution in [0.15, 0.2) is 12.1 Å². The van der Waals surface area contributed by atoms with Crippen LogP contribution in [0.2, 0.25) is 0 Å². The molecule has 0 aliphatic carbocycles. The van der Waals surface area contributed by atoms with Gasteiger partial charge in [-0.3, -0.25) is 0 Å². The zero-order valence-corrected chi connectivity index (χ0v) is 10.3. The summed E-state index contributed by atoms with van der Waals surface area (Å²) in [6, 6.07) is 4.48. The van der Waals surface area contributed by atoms with Crippen LogP contribution in [0.3, 0.4) is 0 Å². The minimum Gasteiger partial charge on any atom is -0.370 e. The summed E-state index contributed by atoms with van der Waals surface area (Å²) in [6.07, 6.45) is 6.16. The number of pyridine rings is 1. The van der Waals surface area contributed by atoms with Crippen LogP contribution >= 0.6 is 0 Å². The van der Waals surface area contributed by atoms with Crippen molar-refractivity contribution in [2.45, 2.75) is 32.1 Å². The number of fused-ring (bicyclic) bond motifs is 1. The fraction of sp³-hybridized carbons (Fsp3) is 0.643. The quantitative estimate of drug-likeness (QED) is 0.835. The normalized spacial score (nSPS) is 23.2. The number of aryl methyl sites for hydroxylation is 2. The number of nitrogens with zero attached hydrogens (tertiary/aromatic N) is 1. The molecule has 0 amide bonds. The van der Waals surface area contributed by atoms with Gasteiger partial charge in [-0.25, -0.2) is 4.98 Å². The molecule has 0 bridgehead atoms. The van der Waals surface area contributed by atoms with E-state index in [0.717, 1.165) is 24.7 Å². The fourth-order valence-electron chi connectivity index (χ4n) is 2.82. The summed E-state index contributed by atoms with van der Waals surface area (Å²) < 4.78 is 0. The predicted octanol–water partition coefficient (Wildman–Crippen LogP) is 1.98. The number of rotatable bonds is 3. The number of nitrogens with one attached hydrogen (secondary N) is 2. The Morgan fingerprint density at radius 2 is 2.29 bits per heavy atom. The molecule has 3 nitrogen and oxygen atoms in total.